The molecule has 1 aromatic heterocycles. The fourth-order valence-electron chi connectivity index (χ4n) is 3.78. The number of anilines is 1. The number of ether oxygens (including phenoxy) is 1. The molecule has 1 fully saturated rings. The van der Waals surface area contributed by atoms with Crippen molar-refractivity contribution in [2.24, 2.45) is 0 Å². The minimum Gasteiger partial charge on any atom is -0.468 e. The number of thiocarbonyl (C=S) groups is 1. The molecule has 0 aliphatic carbocycles. The van der Waals surface area contributed by atoms with E-state index in [1.165, 1.54) is 35.1 Å². The molecule has 3 aromatic carbocycles. The first kappa shape index (κ1) is 25.9. The van der Waals surface area contributed by atoms with Crippen molar-refractivity contribution in [3.05, 3.63) is 118 Å². The van der Waals surface area contributed by atoms with Crippen molar-refractivity contribution in [1.82, 2.24) is 5.32 Å². The summed E-state index contributed by atoms with van der Waals surface area (Å²) in [7, 11) is 0. The second-order valence-corrected chi connectivity index (χ2v) is 9.62. The molecule has 2 heterocycles. The van der Waals surface area contributed by atoms with Gasteiger partial charge in [0.25, 0.3) is 17.5 Å². The first-order valence-electron chi connectivity index (χ1n) is 11.6. The molecule has 39 heavy (non-hydrogen) atoms. The normalized spacial score (nSPS) is 14.4. The monoisotopic (exact) mass is 557 g/mol. The standard InChI is InChI=1S/C28H19N3O6S2/c32-26-23(15-18-8-13-25(24(16-18)31(34)35)39-17-22-7-4-14-36-22)27(33)30(28(38)29-26)19-9-11-21(12-10-19)37-20-5-2-1-3-6-20/h1-16H,17H2,(H,29,32,38)/b23-15+. The van der Waals surface area contributed by atoms with E-state index < -0.39 is 16.7 Å². The summed E-state index contributed by atoms with van der Waals surface area (Å²) in [4.78, 5) is 38.9. The summed E-state index contributed by atoms with van der Waals surface area (Å²) < 4.78 is 11.1. The number of nitrogens with one attached hydrogen (secondary N) is 1. The molecule has 4 aromatic rings. The third-order valence-electron chi connectivity index (χ3n) is 5.62. The number of para-hydroxylation sites is 1. The van der Waals surface area contributed by atoms with Crippen molar-refractivity contribution in [3.8, 4) is 11.5 Å². The van der Waals surface area contributed by atoms with Crippen molar-refractivity contribution >= 4 is 58.4 Å². The van der Waals surface area contributed by atoms with Crippen molar-refractivity contribution in [2.45, 2.75) is 10.6 Å². The van der Waals surface area contributed by atoms with Gasteiger partial charge in [0.15, 0.2) is 5.11 Å². The molecule has 1 N–H and O–H groups in total. The minimum atomic E-state index is -0.691. The number of nitrogens with zero attached hydrogens (tertiary/aromatic N) is 2. The predicted octanol–water partition coefficient (Wildman–Crippen LogP) is 6.10. The molecule has 0 saturated carbocycles. The largest absolute Gasteiger partial charge is 0.468 e. The Labute approximate surface area is 232 Å². The number of hydrogen-bond donors (Lipinski definition) is 1. The van der Waals surface area contributed by atoms with Crippen LogP contribution >= 0.6 is 24.0 Å². The molecule has 1 saturated heterocycles. The van der Waals surface area contributed by atoms with Gasteiger partial charge in [0.2, 0.25) is 0 Å². The highest BCUT2D eigenvalue weighted by molar-refractivity contribution is 7.98. The van der Waals surface area contributed by atoms with Crippen molar-refractivity contribution in [2.75, 3.05) is 4.90 Å². The molecule has 0 spiro atoms. The topological polar surface area (TPSA) is 115 Å². The van der Waals surface area contributed by atoms with E-state index in [0.717, 1.165) is 0 Å². The Morgan fingerprint density at radius 1 is 1.00 bits per heavy atom. The van der Waals surface area contributed by atoms with Gasteiger partial charge in [0.05, 0.1) is 27.5 Å². The van der Waals surface area contributed by atoms with Gasteiger partial charge in [-0.1, -0.05) is 24.3 Å². The second-order valence-electron chi connectivity index (χ2n) is 8.22. The van der Waals surface area contributed by atoms with E-state index in [9.17, 15) is 19.7 Å². The number of rotatable bonds is 8. The van der Waals surface area contributed by atoms with Gasteiger partial charge in [0, 0.05) is 6.07 Å². The highest BCUT2D eigenvalue weighted by atomic mass is 32.2. The smallest absolute Gasteiger partial charge is 0.283 e. The molecule has 0 radical (unpaired) electrons. The van der Waals surface area contributed by atoms with Gasteiger partial charge in [-0.3, -0.25) is 29.9 Å². The van der Waals surface area contributed by atoms with Gasteiger partial charge < -0.3 is 9.15 Å². The van der Waals surface area contributed by atoms with Crippen molar-refractivity contribution in [3.63, 3.8) is 0 Å². The maximum atomic E-state index is 13.4. The molecule has 9 nitrogen and oxygen atoms in total. The summed E-state index contributed by atoms with van der Waals surface area (Å²) in [5, 5.41) is 14.2. The highest BCUT2D eigenvalue weighted by Crippen LogP contribution is 2.33. The van der Waals surface area contributed by atoms with Crippen LogP contribution in [0.2, 0.25) is 0 Å². The maximum absolute atomic E-state index is 13.4. The van der Waals surface area contributed by atoms with Crippen LogP contribution in [0.4, 0.5) is 11.4 Å². The van der Waals surface area contributed by atoms with E-state index >= 15 is 0 Å². The van der Waals surface area contributed by atoms with Gasteiger partial charge in [-0.15, -0.1) is 11.8 Å². The second kappa shape index (κ2) is 11.3. The number of nitro benzene ring substituents is 1. The van der Waals surface area contributed by atoms with Crippen LogP contribution in [0.1, 0.15) is 11.3 Å². The zero-order chi connectivity index (χ0) is 27.4. The zero-order valence-electron chi connectivity index (χ0n) is 20.1. The Morgan fingerprint density at radius 3 is 2.44 bits per heavy atom. The maximum Gasteiger partial charge on any atom is 0.283 e. The lowest BCUT2D eigenvalue weighted by molar-refractivity contribution is -0.387. The van der Waals surface area contributed by atoms with Crippen LogP contribution in [0.25, 0.3) is 6.08 Å². The molecule has 11 heteroatoms. The molecule has 1 aliphatic heterocycles. The molecular formula is C28H19N3O6S2. The zero-order valence-corrected chi connectivity index (χ0v) is 21.7. The fraction of sp³-hybridized carbons (Fsp3) is 0.0357. The number of carbonyl (C=O) groups is 2. The lowest BCUT2D eigenvalue weighted by atomic mass is 10.1. The number of nitro groups is 1. The molecule has 1 aliphatic rings. The Morgan fingerprint density at radius 2 is 1.74 bits per heavy atom. The van der Waals surface area contributed by atoms with E-state index in [-0.39, 0.29) is 16.4 Å². The van der Waals surface area contributed by atoms with E-state index in [1.807, 2.05) is 30.3 Å². The van der Waals surface area contributed by atoms with E-state index in [1.54, 1.807) is 48.5 Å². The number of amides is 2. The Balaban J connectivity index is 1.38. The molecule has 0 bridgehead atoms. The first-order valence-corrected chi connectivity index (χ1v) is 13.0. The SMILES string of the molecule is O=C1NC(=S)N(c2ccc(Oc3ccccc3)cc2)C(=O)/C1=C/c1ccc(SCc2ccco2)c([N+](=O)[O-])c1. The quantitative estimate of drug-likeness (QED) is 0.0690. The number of carbonyl (C=O) groups excluding carboxylic acids is 2. The molecule has 0 atom stereocenters. The van der Waals surface area contributed by atoms with Crippen molar-refractivity contribution < 1.29 is 23.7 Å². The van der Waals surface area contributed by atoms with Crippen LogP contribution in [-0.2, 0) is 15.3 Å². The van der Waals surface area contributed by atoms with Gasteiger partial charge in [-0.2, -0.15) is 0 Å². The predicted molar refractivity (Wildman–Crippen MR) is 151 cm³/mol. The van der Waals surface area contributed by atoms with Crippen LogP contribution < -0.4 is 15.0 Å². The summed E-state index contributed by atoms with van der Waals surface area (Å²) in [5.74, 6) is 0.963. The van der Waals surface area contributed by atoms with Crippen LogP contribution in [0.5, 0.6) is 11.5 Å². The molecular weight excluding hydrogens is 538 g/mol. The van der Waals surface area contributed by atoms with E-state index in [0.29, 0.717) is 39.2 Å². The van der Waals surface area contributed by atoms with Gasteiger partial charge >= 0.3 is 0 Å². The molecule has 2 amide bonds. The summed E-state index contributed by atoms with van der Waals surface area (Å²) in [5.41, 5.74) is 0.387. The summed E-state index contributed by atoms with van der Waals surface area (Å²) in [6, 6.07) is 23.9. The van der Waals surface area contributed by atoms with Crippen LogP contribution in [-0.4, -0.2) is 21.9 Å². The minimum absolute atomic E-state index is 0.0745. The average molecular weight is 558 g/mol. The van der Waals surface area contributed by atoms with Gasteiger partial charge in [-0.05, 0) is 78.5 Å². The Kier molecular flexibility index (Phi) is 7.53. The van der Waals surface area contributed by atoms with Crippen LogP contribution in [0.3, 0.4) is 0 Å². The van der Waals surface area contributed by atoms with Gasteiger partial charge in [0.1, 0.15) is 22.8 Å². The Hall–Kier alpha value is -4.74. The third-order valence-corrected chi connectivity index (χ3v) is 6.99. The third kappa shape index (κ3) is 5.89. The first-order chi connectivity index (χ1) is 18.9. The van der Waals surface area contributed by atoms with Crippen LogP contribution in [0, 0.1) is 10.1 Å². The Bertz CT molecular complexity index is 1590. The van der Waals surface area contributed by atoms with E-state index in [4.69, 9.17) is 21.4 Å². The van der Waals surface area contributed by atoms with Gasteiger partial charge in [-0.25, -0.2) is 0 Å². The summed E-state index contributed by atoms with van der Waals surface area (Å²) in [6.07, 6.45) is 2.85. The molecule has 0 unspecified atom stereocenters. The highest BCUT2D eigenvalue weighted by Gasteiger charge is 2.34. The lowest BCUT2D eigenvalue weighted by Gasteiger charge is -2.29. The summed E-state index contributed by atoms with van der Waals surface area (Å²) in [6.45, 7) is 0. The summed E-state index contributed by atoms with van der Waals surface area (Å²) >= 11 is 6.52. The number of furan rings is 1. The number of thioether (sulfide) groups is 1. The number of benzene rings is 3. The molecule has 5 rings (SSSR count). The number of hydrogen-bond acceptors (Lipinski definition) is 8. The fourth-order valence-corrected chi connectivity index (χ4v) is 4.97. The molecule has 194 valence electrons. The van der Waals surface area contributed by atoms with Crippen molar-refractivity contribution in [1.29, 1.82) is 0 Å². The van der Waals surface area contributed by atoms with Crippen LogP contribution in [0.15, 0.2) is 106 Å². The lowest BCUT2D eigenvalue weighted by Crippen LogP contribution is -2.54. The average Bonchev–Trinajstić information content (AvgIpc) is 3.45. The van der Waals surface area contributed by atoms with E-state index in [2.05, 4.69) is 5.32 Å².